The number of hydrogen-bond acceptors (Lipinski definition) is 7. The number of aromatic nitrogens is 4. The summed E-state index contributed by atoms with van der Waals surface area (Å²) in [5, 5.41) is 0.320. The molecule has 0 atom stereocenters. The number of piperazine rings is 1. The molecular formula is C18H24N6O4. The number of nitrogens with one attached hydrogen (secondary N) is 1. The fraction of sp³-hybridized carbons (Fsp3) is 0.611. The van der Waals surface area contributed by atoms with Crippen LogP contribution in [0.4, 0.5) is 10.7 Å². The van der Waals surface area contributed by atoms with E-state index in [4.69, 9.17) is 4.74 Å². The molecule has 0 spiro atoms. The van der Waals surface area contributed by atoms with Gasteiger partial charge in [-0.15, -0.1) is 0 Å². The largest absolute Gasteiger partial charge is 0.450 e. The van der Waals surface area contributed by atoms with Crippen molar-refractivity contribution >= 4 is 23.1 Å². The summed E-state index contributed by atoms with van der Waals surface area (Å²) >= 11 is 0. The first-order valence-electron chi connectivity index (χ1n) is 9.76. The third-order valence-electron chi connectivity index (χ3n) is 5.45. The van der Waals surface area contributed by atoms with E-state index in [0.29, 0.717) is 44.1 Å². The molecule has 28 heavy (non-hydrogen) atoms. The number of hydrogen-bond donors (Lipinski definition) is 1. The zero-order chi connectivity index (χ0) is 19.7. The molecule has 10 nitrogen and oxygen atoms in total. The van der Waals surface area contributed by atoms with E-state index in [1.165, 1.54) is 10.8 Å². The normalized spacial score (nSPS) is 18.0. The van der Waals surface area contributed by atoms with Gasteiger partial charge >= 0.3 is 11.8 Å². The molecule has 2 aromatic heterocycles. The van der Waals surface area contributed by atoms with Gasteiger partial charge in [-0.1, -0.05) is 12.8 Å². The van der Waals surface area contributed by atoms with Crippen LogP contribution in [-0.2, 0) is 4.74 Å². The lowest BCUT2D eigenvalue weighted by Gasteiger charge is -2.33. The fourth-order valence-corrected chi connectivity index (χ4v) is 3.96. The van der Waals surface area contributed by atoms with Crippen LogP contribution in [0.25, 0.3) is 11.0 Å². The number of rotatable bonds is 3. The van der Waals surface area contributed by atoms with Crippen LogP contribution in [0.2, 0.25) is 0 Å². The van der Waals surface area contributed by atoms with Crippen LogP contribution in [0, 0.1) is 0 Å². The molecule has 1 saturated carbocycles. The highest BCUT2D eigenvalue weighted by Crippen LogP contribution is 2.27. The number of amides is 1. The van der Waals surface area contributed by atoms with Crippen LogP contribution < -0.4 is 16.1 Å². The van der Waals surface area contributed by atoms with Gasteiger partial charge in [-0.25, -0.2) is 14.6 Å². The summed E-state index contributed by atoms with van der Waals surface area (Å²) in [6.07, 6.45) is 4.91. The predicted octanol–water partition coefficient (Wildman–Crippen LogP) is 0.873. The van der Waals surface area contributed by atoms with Crippen molar-refractivity contribution in [2.45, 2.75) is 38.6 Å². The van der Waals surface area contributed by atoms with Crippen LogP contribution >= 0.6 is 0 Å². The molecule has 2 fully saturated rings. The predicted molar refractivity (Wildman–Crippen MR) is 103 cm³/mol. The summed E-state index contributed by atoms with van der Waals surface area (Å²) in [5.74, 6) is 0.435. The Labute approximate surface area is 161 Å². The number of aromatic amines is 1. The van der Waals surface area contributed by atoms with Crippen LogP contribution in [-0.4, -0.2) is 63.3 Å². The highest BCUT2D eigenvalue weighted by atomic mass is 16.6. The van der Waals surface area contributed by atoms with E-state index < -0.39 is 5.69 Å². The molecule has 4 rings (SSSR count). The molecule has 2 aromatic rings. The van der Waals surface area contributed by atoms with Crippen molar-refractivity contribution in [2.24, 2.45) is 0 Å². The number of nitrogens with zero attached hydrogens (tertiary/aromatic N) is 5. The van der Waals surface area contributed by atoms with E-state index in [1.807, 2.05) is 4.90 Å². The van der Waals surface area contributed by atoms with Crippen molar-refractivity contribution in [3.63, 3.8) is 0 Å². The average Bonchev–Trinajstić information content (AvgIpc) is 3.22. The minimum absolute atomic E-state index is 0.0451. The second kappa shape index (κ2) is 7.61. The number of anilines is 1. The van der Waals surface area contributed by atoms with Crippen molar-refractivity contribution in [3.05, 3.63) is 27.0 Å². The van der Waals surface area contributed by atoms with Gasteiger partial charge in [-0.2, -0.15) is 4.98 Å². The summed E-state index contributed by atoms with van der Waals surface area (Å²) in [6.45, 7) is 4.22. The summed E-state index contributed by atoms with van der Waals surface area (Å²) in [6, 6.07) is -0.0451. The summed E-state index contributed by atoms with van der Waals surface area (Å²) in [4.78, 5) is 52.1. The van der Waals surface area contributed by atoms with Gasteiger partial charge in [0, 0.05) is 38.4 Å². The molecule has 1 amide bonds. The van der Waals surface area contributed by atoms with E-state index in [9.17, 15) is 14.4 Å². The molecule has 0 aromatic carbocycles. The first-order chi connectivity index (χ1) is 13.6. The molecule has 10 heteroatoms. The molecular weight excluding hydrogens is 364 g/mol. The molecule has 3 heterocycles. The number of fused-ring (bicyclic) bond motifs is 1. The molecule has 0 bridgehead atoms. The van der Waals surface area contributed by atoms with Crippen LogP contribution in [0.3, 0.4) is 0 Å². The van der Waals surface area contributed by atoms with Crippen LogP contribution in [0.15, 0.2) is 15.8 Å². The molecule has 150 valence electrons. The van der Waals surface area contributed by atoms with Crippen molar-refractivity contribution in [2.75, 3.05) is 37.7 Å². The Morgan fingerprint density at radius 3 is 2.61 bits per heavy atom. The fourth-order valence-electron chi connectivity index (χ4n) is 3.96. The van der Waals surface area contributed by atoms with Gasteiger partial charge < -0.3 is 14.5 Å². The molecule has 1 aliphatic carbocycles. The van der Waals surface area contributed by atoms with Crippen molar-refractivity contribution in [3.8, 4) is 0 Å². The molecule has 1 aliphatic heterocycles. The lowest BCUT2D eigenvalue weighted by molar-refractivity contribution is 0.105. The molecule has 1 N–H and O–H groups in total. The van der Waals surface area contributed by atoms with Crippen LogP contribution in [0.1, 0.15) is 38.6 Å². The monoisotopic (exact) mass is 388 g/mol. The highest BCUT2D eigenvalue weighted by Gasteiger charge is 2.25. The third-order valence-corrected chi connectivity index (χ3v) is 5.45. The molecule has 0 radical (unpaired) electrons. The van der Waals surface area contributed by atoms with Gasteiger partial charge in [0.1, 0.15) is 5.39 Å². The Morgan fingerprint density at radius 2 is 1.93 bits per heavy atom. The Bertz CT molecular complexity index is 986. The van der Waals surface area contributed by atoms with E-state index in [-0.39, 0.29) is 23.3 Å². The topological polar surface area (TPSA) is 113 Å². The molecule has 2 aliphatic rings. The summed E-state index contributed by atoms with van der Waals surface area (Å²) in [7, 11) is 0. The maximum atomic E-state index is 12.8. The standard InChI is InChI=1S/C18H24N6O4/c1-2-28-18(27)23-9-7-22(8-10-23)16-19-11-13-14(20-16)21-17(26)24(15(13)25)12-5-3-4-6-12/h11-12H,2-10H2,1H3,(H,19,20,21,26). The Kier molecular flexibility index (Phi) is 5.01. The minimum Gasteiger partial charge on any atom is -0.450 e. The Balaban J connectivity index is 1.57. The minimum atomic E-state index is -0.416. The zero-order valence-electron chi connectivity index (χ0n) is 15.9. The average molecular weight is 388 g/mol. The van der Waals surface area contributed by atoms with Gasteiger partial charge in [-0.05, 0) is 19.8 Å². The second-order valence-electron chi connectivity index (χ2n) is 7.15. The van der Waals surface area contributed by atoms with Crippen molar-refractivity contribution in [1.82, 2.24) is 24.4 Å². The quantitative estimate of drug-likeness (QED) is 0.830. The lowest BCUT2D eigenvalue weighted by Crippen LogP contribution is -2.49. The van der Waals surface area contributed by atoms with E-state index in [2.05, 4.69) is 15.0 Å². The number of carbonyl (C=O) groups is 1. The van der Waals surface area contributed by atoms with E-state index in [1.54, 1.807) is 11.8 Å². The maximum Gasteiger partial charge on any atom is 0.409 e. The van der Waals surface area contributed by atoms with E-state index >= 15 is 0 Å². The van der Waals surface area contributed by atoms with Gasteiger partial charge in [0.25, 0.3) is 5.56 Å². The van der Waals surface area contributed by atoms with Crippen LogP contribution in [0.5, 0.6) is 0 Å². The molecule has 1 saturated heterocycles. The number of carbonyl (C=O) groups excluding carboxylic acids is 1. The first kappa shape index (κ1) is 18.5. The number of ether oxygens (including phenoxy) is 1. The molecule has 0 unspecified atom stereocenters. The van der Waals surface area contributed by atoms with Crippen molar-refractivity contribution < 1.29 is 9.53 Å². The van der Waals surface area contributed by atoms with Gasteiger partial charge in [0.2, 0.25) is 5.95 Å². The Morgan fingerprint density at radius 1 is 1.21 bits per heavy atom. The van der Waals surface area contributed by atoms with E-state index in [0.717, 1.165) is 25.7 Å². The SMILES string of the molecule is CCOC(=O)N1CCN(c2ncc3c(=O)n(C4CCCC4)c(=O)[nH]c3n2)CC1. The lowest BCUT2D eigenvalue weighted by atomic mass is 10.2. The van der Waals surface area contributed by atoms with Crippen molar-refractivity contribution in [1.29, 1.82) is 0 Å². The van der Waals surface area contributed by atoms with Gasteiger partial charge in [0.15, 0.2) is 5.65 Å². The summed E-state index contributed by atoms with van der Waals surface area (Å²) in [5.41, 5.74) is -0.493. The third kappa shape index (κ3) is 3.34. The second-order valence-corrected chi connectivity index (χ2v) is 7.15. The van der Waals surface area contributed by atoms with Gasteiger partial charge in [0.05, 0.1) is 6.61 Å². The van der Waals surface area contributed by atoms with Gasteiger partial charge in [-0.3, -0.25) is 14.3 Å². The maximum absolute atomic E-state index is 12.8. The summed E-state index contributed by atoms with van der Waals surface area (Å²) < 4.78 is 6.34. The Hall–Kier alpha value is -2.91. The first-order valence-corrected chi connectivity index (χ1v) is 9.76. The zero-order valence-corrected chi connectivity index (χ0v) is 15.9. The smallest absolute Gasteiger partial charge is 0.409 e. The highest BCUT2D eigenvalue weighted by molar-refractivity contribution is 5.73. The number of H-pyrrole nitrogens is 1.